The number of benzene rings is 3. The molecule has 0 radical (unpaired) electrons. The fourth-order valence-corrected chi connectivity index (χ4v) is 4.26. The van der Waals surface area contributed by atoms with Crippen LogP contribution < -0.4 is 4.74 Å². The summed E-state index contributed by atoms with van der Waals surface area (Å²) in [7, 11) is 0. The standard InChI is InChI=1S/C25H22ClN3O2S/c1-3-31-22-13-11-21(12-14-22)29-24(19-5-4-6-20(26)15-19)27-28-25(29)32-16-23(30)18-9-7-17(2)8-10-18/h4-15H,3,16H2,1-2H3. The minimum Gasteiger partial charge on any atom is -0.494 e. The molecule has 0 amide bonds. The van der Waals surface area contributed by atoms with Crippen LogP contribution in [0.15, 0.2) is 78.0 Å². The Morgan fingerprint density at radius 3 is 2.47 bits per heavy atom. The maximum absolute atomic E-state index is 12.7. The number of rotatable bonds is 8. The van der Waals surface area contributed by atoms with Gasteiger partial charge in [-0.25, -0.2) is 0 Å². The van der Waals surface area contributed by atoms with Gasteiger partial charge in [-0.2, -0.15) is 0 Å². The lowest BCUT2D eigenvalue weighted by atomic mass is 10.1. The first kappa shape index (κ1) is 22.1. The van der Waals surface area contributed by atoms with Gasteiger partial charge in [0, 0.05) is 21.8 Å². The van der Waals surface area contributed by atoms with Gasteiger partial charge < -0.3 is 4.74 Å². The van der Waals surface area contributed by atoms with Crippen LogP contribution in [-0.4, -0.2) is 32.9 Å². The molecule has 162 valence electrons. The predicted molar refractivity (Wildman–Crippen MR) is 129 cm³/mol. The second kappa shape index (κ2) is 10.0. The summed E-state index contributed by atoms with van der Waals surface area (Å²) in [4.78, 5) is 12.7. The van der Waals surface area contributed by atoms with E-state index in [1.165, 1.54) is 11.8 Å². The average molecular weight is 464 g/mol. The SMILES string of the molecule is CCOc1ccc(-n2c(SCC(=O)c3ccc(C)cc3)nnc2-c2cccc(Cl)c2)cc1. The van der Waals surface area contributed by atoms with Crippen LogP contribution in [0.2, 0.25) is 5.02 Å². The zero-order chi connectivity index (χ0) is 22.5. The normalized spacial score (nSPS) is 10.8. The first-order valence-electron chi connectivity index (χ1n) is 10.2. The molecule has 0 atom stereocenters. The molecule has 0 N–H and O–H groups in total. The number of aromatic nitrogens is 3. The summed E-state index contributed by atoms with van der Waals surface area (Å²) in [6.07, 6.45) is 0. The summed E-state index contributed by atoms with van der Waals surface area (Å²) >= 11 is 7.57. The Hall–Kier alpha value is -3.09. The molecule has 0 unspecified atom stereocenters. The molecule has 1 heterocycles. The molecule has 4 rings (SSSR count). The molecule has 5 nitrogen and oxygen atoms in total. The number of carbonyl (C=O) groups is 1. The van der Waals surface area contributed by atoms with Crippen molar-refractivity contribution in [1.29, 1.82) is 0 Å². The van der Waals surface area contributed by atoms with Gasteiger partial charge >= 0.3 is 0 Å². The number of hydrogen-bond donors (Lipinski definition) is 0. The number of hydrogen-bond acceptors (Lipinski definition) is 5. The van der Waals surface area contributed by atoms with Crippen LogP contribution in [0.5, 0.6) is 5.75 Å². The van der Waals surface area contributed by atoms with Crippen molar-refractivity contribution >= 4 is 29.1 Å². The minimum absolute atomic E-state index is 0.0422. The van der Waals surface area contributed by atoms with Gasteiger partial charge in [0.25, 0.3) is 0 Å². The molecule has 0 aliphatic heterocycles. The van der Waals surface area contributed by atoms with E-state index in [1.54, 1.807) is 0 Å². The lowest BCUT2D eigenvalue weighted by Gasteiger charge is -2.11. The third-order valence-electron chi connectivity index (χ3n) is 4.83. The van der Waals surface area contributed by atoms with Gasteiger partial charge in [0.15, 0.2) is 16.8 Å². The van der Waals surface area contributed by atoms with E-state index < -0.39 is 0 Å². The van der Waals surface area contributed by atoms with E-state index in [0.717, 1.165) is 22.6 Å². The molecule has 0 fully saturated rings. The molecular weight excluding hydrogens is 442 g/mol. The first-order chi connectivity index (χ1) is 15.5. The summed E-state index contributed by atoms with van der Waals surface area (Å²) in [5.74, 6) is 1.74. The summed E-state index contributed by atoms with van der Waals surface area (Å²) in [5.41, 5.74) is 3.52. The molecule has 1 aromatic heterocycles. The number of halogens is 1. The molecule has 0 bridgehead atoms. The number of nitrogens with zero attached hydrogens (tertiary/aromatic N) is 3. The van der Waals surface area contributed by atoms with E-state index >= 15 is 0 Å². The number of ether oxygens (including phenoxy) is 1. The summed E-state index contributed by atoms with van der Waals surface area (Å²) < 4.78 is 7.51. The molecular formula is C25H22ClN3O2S. The molecule has 0 saturated heterocycles. The quantitative estimate of drug-likeness (QED) is 0.227. The highest BCUT2D eigenvalue weighted by atomic mass is 35.5. The van der Waals surface area contributed by atoms with Crippen LogP contribution >= 0.6 is 23.4 Å². The zero-order valence-corrected chi connectivity index (χ0v) is 19.4. The monoisotopic (exact) mass is 463 g/mol. The Labute approximate surface area is 196 Å². The minimum atomic E-state index is 0.0422. The van der Waals surface area contributed by atoms with Crippen molar-refractivity contribution < 1.29 is 9.53 Å². The van der Waals surface area contributed by atoms with Gasteiger partial charge in [0.1, 0.15) is 5.75 Å². The Morgan fingerprint density at radius 2 is 1.78 bits per heavy atom. The van der Waals surface area contributed by atoms with Crippen LogP contribution in [0.3, 0.4) is 0 Å². The highest BCUT2D eigenvalue weighted by molar-refractivity contribution is 7.99. The summed E-state index contributed by atoms with van der Waals surface area (Å²) in [6.45, 7) is 4.55. The smallest absolute Gasteiger partial charge is 0.196 e. The first-order valence-corrected chi connectivity index (χ1v) is 11.6. The zero-order valence-electron chi connectivity index (χ0n) is 17.8. The van der Waals surface area contributed by atoms with Crippen LogP contribution in [-0.2, 0) is 0 Å². The molecule has 0 spiro atoms. The fraction of sp³-hybridized carbons (Fsp3) is 0.160. The lowest BCUT2D eigenvalue weighted by Crippen LogP contribution is -2.05. The van der Waals surface area contributed by atoms with E-state index in [9.17, 15) is 4.79 Å². The van der Waals surface area contributed by atoms with E-state index in [-0.39, 0.29) is 11.5 Å². The largest absolute Gasteiger partial charge is 0.494 e. The number of carbonyl (C=O) groups excluding carboxylic acids is 1. The average Bonchev–Trinajstić information content (AvgIpc) is 3.23. The van der Waals surface area contributed by atoms with E-state index in [4.69, 9.17) is 16.3 Å². The Kier molecular flexibility index (Phi) is 6.93. The lowest BCUT2D eigenvalue weighted by molar-refractivity contribution is 0.102. The Bertz CT molecular complexity index is 1220. The number of thioether (sulfide) groups is 1. The number of ketones is 1. The van der Waals surface area contributed by atoms with E-state index in [2.05, 4.69) is 10.2 Å². The fourth-order valence-electron chi connectivity index (χ4n) is 3.22. The van der Waals surface area contributed by atoms with Gasteiger partial charge in [0.2, 0.25) is 0 Å². The van der Waals surface area contributed by atoms with Crippen LogP contribution in [0.4, 0.5) is 0 Å². The third-order valence-corrected chi connectivity index (χ3v) is 5.99. The van der Waals surface area contributed by atoms with E-state index in [1.807, 2.05) is 91.2 Å². The van der Waals surface area contributed by atoms with Crippen molar-refractivity contribution in [3.63, 3.8) is 0 Å². The van der Waals surface area contributed by atoms with Crippen LogP contribution in [0.25, 0.3) is 17.1 Å². The van der Waals surface area contributed by atoms with Crippen molar-refractivity contribution in [1.82, 2.24) is 14.8 Å². The molecule has 3 aromatic carbocycles. The Morgan fingerprint density at radius 1 is 1.03 bits per heavy atom. The van der Waals surface area contributed by atoms with Crippen molar-refractivity contribution in [2.45, 2.75) is 19.0 Å². The third kappa shape index (κ3) is 5.03. The second-order valence-electron chi connectivity index (χ2n) is 7.16. The molecule has 0 aliphatic carbocycles. The number of Topliss-reactive ketones (excluding diaryl/α,β-unsaturated/α-hetero) is 1. The molecule has 32 heavy (non-hydrogen) atoms. The highest BCUT2D eigenvalue weighted by Gasteiger charge is 2.18. The van der Waals surface area contributed by atoms with Crippen molar-refractivity contribution in [3.05, 3.63) is 88.9 Å². The van der Waals surface area contributed by atoms with Gasteiger partial charge in [-0.15, -0.1) is 10.2 Å². The van der Waals surface area contributed by atoms with Gasteiger partial charge in [-0.3, -0.25) is 9.36 Å². The van der Waals surface area contributed by atoms with Crippen molar-refractivity contribution in [2.24, 2.45) is 0 Å². The summed E-state index contributed by atoms with van der Waals surface area (Å²) in [6, 6.07) is 22.8. The van der Waals surface area contributed by atoms with Gasteiger partial charge in [-0.05, 0) is 50.2 Å². The van der Waals surface area contributed by atoms with Crippen LogP contribution in [0, 0.1) is 6.92 Å². The van der Waals surface area contributed by atoms with Gasteiger partial charge in [0.05, 0.1) is 12.4 Å². The molecule has 0 aliphatic rings. The maximum atomic E-state index is 12.7. The molecule has 0 saturated carbocycles. The molecule has 4 aromatic rings. The second-order valence-corrected chi connectivity index (χ2v) is 8.54. The van der Waals surface area contributed by atoms with Crippen molar-refractivity contribution in [3.8, 4) is 22.8 Å². The topological polar surface area (TPSA) is 57.0 Å². The summed E-state index contributed by atoms with van der Waals surface area (Å²) in [5, 5.41) is 10.0. The number of aryl methyl sites for hydroxylation is 1. The van der Waals surface area contributed by atoms with Crippen molar-refractivity contribution in [2.75, 3.05) is 12.4 Å². The van der Waals surface area contributed by atoms with Crippen LogP contribution in [0.1, 0.15) is 22.8 Å². The maximum Gasteiger partial charge on any atom is 0.196 e. The van der Waals surface area contributed by atoms with Gasteiger partial charge in [-0.1, -0.05) is 65.3 Å². The highest BCUT2D eigenvalue weighted by Crippen LogP contribution is 2.30. The molecule has 7 heteroatoms. The predicted octanol–water partition coefficient (Wildman–Crippen LogP) is 6.27. The Balaban J connectivity index is 1.67. The van der Waals surface area contributed by atoms with E-state index in [0.29, 0.717) is 28.2 Å².